The number of amides is 1. The third kappa shape index (κ3) is 3.38. The fourth-order valence-corrected chi connectivity index (χ4v) is 3.20. The summed E-state index contributed by atoms with van der Waals surface area (Å²) in [6.07, 6.45) is 2.73. The highest BCUT2D eigenvalue weighted by atomic mass is 32.2. The lowest BCUT2D eigenvalue weighted by Crippen LogP contribution is -2.31. The second kappa shape index (κ2) is 6.56. The number of rotatable bonds is 4. The van der Waals surface area contributed by atoms with Crippen molar-refractivity contribution in [3.63, 3.8) is 0 Å². The van der Waals surface area contributed by atoms with Crippen molar-refractivity contribution < 1.29 is 18.0 Å². The number of aromatic nitrogens is 1. The summed E-state index contributed by atoms with van der Waals surface area (Å²) in [5.41, 5.74) is 1.09. The Hall–Kier alpha value is -2.48. The van der Waals surface area contributed by atoms with Crippen LogP contribution in [0.4, 0.5) is 0 Å². The van der Waals surface area contributed by atoms with Crippen LogP contribution in [0.2, 0.25) is 0 Å². The molecule has 7 nitrogen and oxygen atoms in total. The van der Waals surface area contributed by atoms with E-state index in [1.165, 1.54) is 7.05 Å². The lowest BCUT2D eigenvalue weighted by atomic mass is 10.1. The summed E-state index contributed by atoms with van der Waals surface area (Å²) >= 11 is 0. The van der Waals surface area contributed by atoms with Crippen LogP contribution < -0.4 is 0 Å². The molecule has 1 heterocycles. The van der Waals surface area contributed by atoms with Crippen molar-refractivity contribution in [3.8, 4) is 0 Å². The number of carbonyl (C=O) groups excluding carboxylic acids is 2. The van der Waals surface area contributed by atoms with E-state index in [2.05, 4.69) is 5.10 Å². The third-order valence-corrected chi connectivity index (χ3v) is 4.85. The average molecular weight is 349 g/mol. The molecule has 0 radical (unpaired) electrons. The van der Waals surface area contributed by atoms with Crippen molar-refractivity contribution in [2.75, 3.05) is 13.3 Å². The molecule has 1 aromatic carbocycles. The number of hydrogen-bond acceptors (Lipinski definition) is 5. The Morgan fingerprint density at radius 3 is 2.46 bits per heavy atom. The first-order valence-corrected chi connectivity index (χ1v) is 9.20. The highest BCUT2D eigenvalue weighted by Crippen LogP contribution is 2.21. The Morgan fingerprint density at radius 2 is 1.88 bits per heavy atom. The van der Waals surface area contributed by atoms with Gasteiger partial charge in [-0.3, -0.25) is 9.59 Å². The molecule has 24 heavy (non-hydrogen) atoms. The second-order valence-electron chi connectivity index (χ2n) is 5.45. The van der Waals surface area contributed by atoms with Gasteiger partial charge in [0, 0.05) is 37.5 Å². The molecule has 0 unspecified atom stereocenters. The summed E-state index contributed by atoms with van der Waals surface area (Å²) in [4.78, 5) is 24.8. The first-order valence-electron chi connectivity index (χ1n) is 7.30. The van der Waals surface area contributed by atoms with Crippen LogP contribution in [0, 0.1) is 0 Å². The Balaban J connectivity index is 2.39. The van der Waals surface area contributed by atoms with Gasteiger partial charge in [-0.05, 0) is 12.5 Å². The molecule has 0 fully saturated rings. The van der Waals surface area contributed by atoms with Crippen LogP contribution in [-0.2, 0) is 21.7 Å². The first kappa shape index (κ1) is 17.9. The third-order valence-electron chi connectivity index (χ3n) is 3.62. The largest absolute Gasteiger partial charge is 0.350 e. The molecule has 0 N–H and O–H groups in total. The number of carbonyl (C=O) groups is 2. The molecule has 8 heteroatoms. The van der Waals surface area contributed by atoms with Crippen LogP contribution in [0.15, 0.2) is 35.6 Å². The normalized spacial score (nSPS) is 12.4. The van der Waals surface area contributed by atoms with Gasteiger partial charge in [-0.15, -0.1) is 0 Å². The van der Waals surface area contributed by atoms with E-state index in [-0.39, 0.29) is 17.0 Å². The molecule has 2 aromatic rings. The fraction of sp³-hybridized carbons (Fsp3) is 0.312. The van der Waals surface area contributed by atoms with Crippen LogP contribution >= 0.6 is 0 Å². The maximum atomic E-state index is 12.5. The van der Waals surface area contributed by atoms with E-state index in [9.17, 15) is 18.0 Å². The number of likely N-dealkylation sites (N-methyl/N-ethyl adjacent to an activating group) is 1. The smallest absolute Gasteiger partial charge is 0.314 e. The first-order chi connectivity index (χ1) is 11.2. The van der Waals surface area contributed by atoms with Gasteiger partial charge in [0.15, 0.2) is 14.9 Å². The van der Waals surface area contributed by atoms with Gasteiger partial charge < -0.3 is 4.57 Å². The SMILES string of the molecule is CCC(=NN(C)C(=O)C(=O)c1cn(C)c2ccccc12)S(C)(=O)=O. The average Bonchev–Trinajstić information content (AvgIpc) is 2.87. The molecule has 0 atom stereocenters. The van der Waals surface area contributed by atoms with E-state index in [0.717, 1.165) is 16.8 Å². The molecular weight excluding hydrogens is 330 g/mol. The predicted octanol–water partition coefficient (Wildman–Crippen LogP) is 1.59. The number of sulfone groups is 1. The molecule has 1 aromatic heterocycles. The minimum atomic E-state index is -3.52. The predicted molar refractivity (Wildman–Crippen MR) is 92.6 cm³/mol. The van der Waals surface area contributed by atoms with Gasteiger partial charge in [-0.1, -0.05) is 25.1 Å². The summed E-state index contributed by atoms with van der Waals surface area (Å²) < 4.78 is 24.9. The number of Topliss-reactive ketones (excluding diaryl/α,β-unsaturated/α-hetero) is 1. The van der Waals surface area contributed by atoms with Crippen LogP contribution in [0.25, 0.3) is 10.9 Å². The van der Waals surface area contributed by atoms with E-state index in [1.54, 1.807) is 36.9 Å². The van der Waals surface area contributed by atoms with Crippen LogP contribution in [0.5, 0.6) is 0 Å². The topological polar surface area (TPSA) is 88.8 Å². The lowest BCUT2D eigenvalue weighted by molar-refractivity contribution is -0.125. The molecule has 0 bridgehead atoms. The quantitative estimate of drug-likeness (QED) is 0.276. The highest BCUT2D eigenvalue weighted by molar-refractivity contribution is 8.05. The number of ketones is 1. The maximum Gasteiger partial charge on any atom is 0.314 e. The van der Waals surface area contributed by atoms with E-state index < -0.39 is 21.5 Å². The molecule has 0 saturated heterocycles. The summed E-state index contributed by atoms with van der Waals surface area (Å²) in [6.45, 7) is 1.62. The summed E-state index contributed by atoms with van der Waals surface area (Å²) in [5.74, 6) is -1.62. The highest BCUT2D eigenvalue weighted by Gasteiger charge is 2.25. The standard InChI is InChI=1S/C16H19N3O4S/c1-5-14(24(4,22)23)17-19(3)16(21)15(20)12-10-18(2)13-9-7-6-8-11(12)13/h6-10H,5H2,1-4H3. The molecular formula is C16H19N3O4S. The van der Waals surface area contributed by atoms with E-state index in [4.69, 9.17) is 0 Å². The summed E-state index contributed by atoms with van der Waals surface area (Å²) in [7, 11) is -0.472. The Morgan fingerprint density at radius 1 is 1.25 bits per heavy atom. The molecule has 1 amide bonds. The van der Waals surface area contributed by atoms with Crippen molar-refractivity contribution in [2.45, 2.75) is 13.3 Å². The zero-order chi connectivity index (χ0) is 18.1. The van der Waals surface area contributed by atoms with Crippen molar-refractivity contribution in [1.29, 1.82) is 0 Å². The van der Waals surface area contributed by atoms with Crippen LogP contribution in [-0.4, -0.2) is 48.0 Å². The van der Waals surface area contributed by atoms with Crippen molar-refractivity contribution >= 4 is 37.5 Å². The number of aryl methyl sites for hydroxylation is 1. The van der Waals surface area contributed by atoms with Gasteiger partial charge in [0.2, 0.25) is 0 Å². The van der Waals surface area contributed by atoms with Crippen LogP contribution in [0.3, 0.4) is 0 Å². The molecule has 0 aliphatic heterocycles. The number of para-hydroxylation sites is 1. The molecule has 0 saturated carbocycles. The van der Waals surface area contributed by atoms with Crippen molar-refractivity contribution in [2.24, 2.45) is 12.1 Å². The number of hydrazone groups is 1. The molecule has 0 aliphatic carbocycles. The Kier molecular flexibility index (Phi) is 4.88. The van der Waals surface area contributed by atoms with E-state index >= 15 is 0 Å². The van der Waals surface area contributed by atoms with Crippen molar-refractivity contribution in [3.05, 3.63) is 36.0 Å². The Labute approximate surface area is 140 Å². The zero-order valence-electron chi connectivity index (χ0n) is 14.0. The molecule has 2 rings (SSSR count). The minimum Gasteiger partial charge on any atom is -0.350 e. The minimum absolute atomic E-state index is 0.138. The van der Waals surface area contributed by atoms with Gasteiger partial charge in [0.05, 0.1) is 5.56 Å². The lowest BCUT2D eigenvalue weighted by Gasteiger charge is -2.11. The van der Waals surface area contributed by atoms with Gasteiger partial charge in [0.25, 0.3) is 5.78 Å². The number of benzene rings is 1. The number of hydrogen-bond donors (Lipinski definition) is 0. The van der Waals surface area contributed by atoms with Gasteiger partial charge in [-0.25, -0.2) is 13.4 Å². The molecule has 0 spiro atoms. The van der Waals surface area contributed by atoms with Gasteiger partial charge in [0.1, 0.15) is 0 Å². The van der Waals surface area contributed by atoms with Gasteiger partial charge in [-0.2, -0.15) is 5.10 Å². The zero-order valence-corrected chi connectivity index (χ0v) is 14.8. The maximum absolute atomic E-state index is 12.5. The molecule has 0 aliphatic rings. The second-order valence-corrected chi connectivity index (χ2v) is 7.46. The van der Waals surface area contributed by atoms with Crippen LogP contribution in [0.1, 0.15) is 23.7 Å². The monoisotopic (exact) mass is 349 g/mol. The Bertz CT molecular complexity index is 941. The number of nitrogens with zero attached hydrogens (tertiary/aromatic N) is 3. The van der Waals surface area contributed by atoms with E-state index in [0.29, 0.717) is 5.39 Å². The van der Waals surface area contributed by atoms with Crippen molar-refractivity contribution in [1.82, 2.24) is 9.58 Å². The summed E-state index contributed by atoms with van der Waals surface area (Å²) in [6, 6.07) is 7.23. The fourth-order valence-electron chi connectivity index (χ4n) is 2.40. The van der Waals surface area contributed by atoms with E-state index in [1.807, 2.05) is 12.1 Å². The van der Waals surface area contributed by atoms with Gasteiger partial charge >= 0.3 is 5.91 Å². The number of fused-ring (bicyclic) bond motifs is 1. The molecule has 128 valence electrons. The summed E-state index contributed by atoms with van der Waals surface area (Å²) in [5, 5.41) is 5.08.